The van der Waals surface area contributed by atoms with Gasteiger partial charge in [0, 0.05) is 18.1 Å². The Bertz CT molecular complexity index is 929. The van der Waals surface area contributed by atoms with Crippen molar-refractivity contribution in [3.8, 4) is 5.75 Å². The zero-order valence-electron chi connectivity index (χ0n) is 16.0. The minimum absolute atomic E-state index is 0.641. The fourth-order valence-corrected chi connectivity index (χ4v) is 3.29. The van der Waals surface area contributed by atoms with Crippen LogP contribution in [-0.4, -0.2) is 17.1 Å². The number of hydrogen-bond donors (Lipinski definition) is 1. The Labute approximate surface area is 176 Å². The number of anilines is 1. The lowest BCUT2D eigenvalue weighted by atomic mass is 10.1. The van der Waals surface area contributed by atoms with Gasteiger partial charge in [-0.2, -0.15) is 0 Å². The summed E-state index contributed by atoms with van der Waals surface area (Å²) in [6.07, 6.45) is 0. The molecule has 0 saturated carbocycles. The van der Waals surface area contributed by atoms with Gasteiger partial charge in [0.2, 0.25) is 0 Å². The molecule has 3 aromatic carbocycles. The highest BCUT2D eigenvalue weighted by Crippen LogP contribution is 2.26. The third-order valence-corrected chi connectivity index (χ3v) is 5.00. The van der Waals surface area contributed by atoms with Gasteiger partial charge in [0.1, 0.15) is 5.75 Å². The number of ether oxygens (including phenoxy) is 1. The number of methoxy groups -OCH3 is 1. The molecule has 0 radical (unpaired) electrons. The van der Waals surface area contributed by atoms with Crippen molar-refractivity contribution in [3.63, 3.8) is 0 Å². The summed E-state index contributed by atoms with van der Waals surface area (Å²) in [7, 11) is 1.66. The molecule has 0 atom stereocenters. The second-order valence-corrected chi connectivity index (χ2v) is 7.43. The fraction of sp³-hybridized carbons (Fsp3) is 0.174. The van der Waals surface area contributed by atoms with Crippen LogP contribution in [0.4, 0.5) is 5.69 Å². The van der Waals surface area contributed by atoms with E-state index < -0.39 is 0 Å². The first-order valence-corrected chi connectivity index (χ1v) is 9.82. The number of nitrogens with zero attached hydrogens (tertiary/aromatic N) is 1. The van der Waals surface area contributed by atoms with E-state index in [1.165, 1.54) is 5.56 Å². The molecule has 0 aromatic heterocycles. The molecule has 0 aliphatic heterocycles. The third-order valence-electron chi connectivity index (χ3n) is 4.39. The number of halogens is 1. The standard InChI is InChI=1S/C23H23ClN2OS/c1-17-8-13-22(27-2)21(14-17)25-23(28)26(15-18-6-4-3-5-7-18)16-19-9-11-20(24)12-10-19/h3-14H,15-16H2,1-2H3,(H,25,28). The van der Waals surface area contributed by atoms with Crippen LogP contribution >= 0.6 is 23.8 Å². The topological polar surface area (TPSA) is 24.5 Å². The van der Waals surface area contributed by atoms with Crippen molar-refractivity contribution >= 4 is 34.6 Å². The lowest BCUT2D eigenvalue weighted by Gasteiger charge is -2.27. The molecule has 0 aliphatic carbocycles. The molecule has 0 spiro atoms. The van der Waals surface area contributed by atoms with Crippen molar-refractivity contribution in [1.29, 1.82) is 0 Å². The normalized spacial score (nSPS) is 10.4. The van der Waals surface area contributed by atoms with E-state index in [0.29, 0.717) is 18.2 Å². The van der Waals surface area contributed by atoms with Crippen LogP contribution in [0.2, 0.25) is 5.02 Å². The summed E-state index contributed by atoms with van der Waals surface area (Å²) in [5.41, 5.74) is 4.33. The Hall–Kier alpha value is -2.56. The Morgan fingerprint density at radius 3 is 2.25 bits per heavy atom. The smallest absolute Gasteiger partial charge is 0.174 e. The molecule has 0 bridgehead atoms. The lowest BCUT2D eigenvalue weighted by molar-refractivity contribution is 0.409. The highest BCUT2D eigenvalue weighted by atomic mass is 35.5. The van der Waals surface area contributed by atoms with Gasteiger partial charge in [-0.25, -0.2) is 0 Å². The van der Waals surface area contributed by atoms with Crippen LogP contribution in [0.5, 0.6) is 5.75 Å². The molecular formula is C23H23ClN2OS. The van der Waals surface area contributed by atoms with Crippen molar-refractivity contribution in [1.82, 2.24) is 4.90 Å². The second-order valence-electron chi connectivity index (χ2n) is 6.60. The number of rotatable bonds is 6. The van der Waals surface area contributed by atoms with Gasteiger partial charge < -0.3 is 15.0 Å². The molecule has 3 rings (SSSR count). The summed E-state index contributed by atoms with van der Waals surface area (Å²) in [4.78, 5) is 2.13. The van der Waals surface area contributed by atoms with E-state index in [9.17, 15) is 0 Å². The maximum absolute atomic E-state index is 6.03. The van der Waals surface area contributed by atoms with Crippen molar-refractivity contribution in [3.05, 3.63) is 94.5 Å². The average Bonchev–Trinajstić information content (AvgIpc) is 2.70. The van der Waals surface area contributed by atoms with Gasteiger partial charge in [-0.3, -0.25) is 0 Å². The van der Waals surface area contributed by atoms with Crippen LogP contribution < -0.4 is 10.1 Å². The van der Waals surface area contributed by atoms with E-state index in [1.807, 2.05) is 67.6 Å². The summed E-state index contributed by atoms with van der Waals surface area (Å²) in [6.45, 7) is 3.42. The molecule has 5 heteroatoms. The van der Waals surface area contributed by atoms with Crippen LogP contribution in [0.1, 0.15) is 16.7 Å². The Morgan fingerprint density at radius 2 is 1.61 bits per heavy atom. The second kappa shape index (κ2) is 9.58. The van der Waals surface area contributed by atoms with E-state index in [1.54, 1.807) is 7.11 Å². The number of aryl methyl sites for hydroxylation is 1. The molecule has 144 valence electrons. The first kappa shape index (κ1) is 20.2. The summed E-state index contributed by atoms with van der Waals surface area (Å²) in [6, 6.07) is 24.1. The van der Waals surface area contributed by atoms with E-state index in [4.69, 9.17) is 28.6 Å². The number of benzene rings is 3. The molecule has 0 aliphatic rings. The van der Waals surface area contributed by atoms with Crippen molar-refractivity contribution in [2.75, 3.05) is 12.4 Å². The Morgan fingerprint density at radius 1 is 0.964 bits per heavy atom. The zero-order chi connectivity index (χ0) is 19.9. The molecule has 0 unspecified atom stereocenters. The highest BCUT2D eigenvalue weighted by molar-refractivity contribution is 7.80. The van der Waals surface area contributed by atoms with Gasteiger partial charge in [0.15, 0.2) is 5.11 Å². The minimum Gasteiger partial charge on any atom is -0.495 e. The molecule has 0 amide bonds. The van der Waals surface area contributed by atoms with E-state index >= 15 is 0 Å². The average molecular weight is 411 g/mol. The van der Waals surface area contributed by atoms with Crippen LogP contribution in [0, 0.1) is 6.92 Å². The number of nitrogens with one attached hydrogen (secondary N) is 1. The predicted octanol–water partition coefficient (Wildman–Crippen LogP) is 6.06. The third kappa shape index (κ3) is 5.47. The number of hydrogen-bond acceptors (Lipinski definition) is 2. The first-order valence-electron chi connectivity index (χ1n) is 9.04. The van der Waals surface area contributed by atoms with Crippen LogP contribution in [0.3, 0.4) is 0 Å². The van der Waals surface area contributed by atoms with Crippen LogP contribution in [0.15, 0.2) is 72.8 Å². The monoisotopic (exact) mass is 410 g/mol. The Kier molecular flexibility index (Phi) is 6.90. The molecule has 3 aromatic rings. The van der Waals surface area contributed by atoms with Gasteiger partial charge in [0.25, 0.3) is 0 Å². The summed E-state index contributed by atoms with van der Waals surface area (Å²) < 4.78 is 5.48. The van der Waals surface area contributed by atoms with Crippen LogP contribution in [-0.2, 0) is 13.1 Å². The zero-order valence-corrected chi connectivity index (χ0v) is 17.6. The van der Waals surface area contributed by atoms with Crippen molar-refractivity contribution in [2.45, 2.75) is 20.0 Å². The summed E-state index contributed by atoms with van der Waals surface area (Å²) in [5, 5.41) is 4.73. The Balaban J connectivity index is 1.83. The van der Waals surface area contributed by atoms with Gasteiger partial charge in [-0.05, 0) is 60.1 Å². The predicted molar refractivity (Wildman–Crippen MR) is 121 cm³/mol. The molecule has 0 heterocycles. The molecule has 0 saturated heterocycles. The van der Waals surface area contributed by atoms with Gasteiger partial charge in [-0.15, -0.1) is 0 Å². The maximum atomic E-state index is 6.03. The lowest BCUT2D eigenvalue weighted by Crippen LogP contribution is -2.34. The van der Waals surface area contributed by atoms with E-state index in [0.717, 1.165) is 27.6 Å². The maximum Gasteiger partial charge on any atom is 0.174 e. The van der Waals surface area contributed by atoms with E-state index in [-0.39, 0.29) is 0 Å². The first-order chi connectivity index (χ1) is 13.5. The molecular weight excluding hydrogens is 388 g/mol. The van der Waals surface area contributed by atoms with Gasteiger partial charge >= 0.3 is 0 Å². The SMILES string of the molecule is COc1ccc(C)cc1NC(=S)N(Cc1ccccc1)Cc1ccc(Cl)cc1. The molecule has 3 nitrogen and oxygen atoms in total. The van der Waals surface area contributed by atoms with Gasteiger partial charge in [0.05, 0.1) is 12.8 Å². The van der Waals surface area contributed by atoms with Crippen molar-refractivity contribution in [2.24, 2.45) is 0 Å². The quantitative estimate of drug-likeness (QED) is 0.499. The van der Waals surface area contributed by atoms with Crippen LogP contribution in [0.25, 0.3) is 0 Å². The van der Waals surface area contributed by atoms with E-state index in [2.05, 4.69) is 22.3 Å². The fourth-order valence-electron chi connectivity index (χ4n) is 2.93. The summed E-state index contributed by atoms with van der Waals surface area (Å²) >= 11 is 11.8. The molecule has 28 heavy (non-hydrogen) atoms. The molecule has 0 fully saturated rings. The highest BCUT2D eigenvalue weighted by Gasteiger charge is 2.14. The van der Waals surface area contributed by atoms with Crippen molar-refractivity contribution < 1.29 is 4.74 Å². The summed E-state index contributed by atoms with van der Waals surface area (Å²) in [5.74, 6) is 0.763. The van der Waals surface area contributed by atoms with Gasteiger partial charge in [-0.1, -0.05) is 60.1 Å². The number of thiocarbonyl (C=S) groups is 1. The molecule has 1 N–H and O–H groups in total. The minimum atomic E-state index is 0.641. The largest absolute Gasteiger partial charge is 0.495 e.